The van der Waals surface area contributed by atoms with Crippen LogP contribution in [0.15, 0.2) is 0 Å². The van der Waals surface area contributed by atoms with Crippen LogP contribution in [0.4, 0.5) is 0 Å². The first-order chi connectivity index (χ1) is 6.09. The van der Waals surface area contributed by atoms with E-state index in [1.807, 2.05) is 13.8 Å². The summed E-state index contributed by atoms with van der Waals surface area (Å²) < 4.78 is 0. The van der Waals surface area contributed by atoms with Crippen LogP contribution in [0.5, 0.6) is 0 Å². The lowest BCUT2D eigenvalue weighted by atomic mass is 9.80. The fourth-order valence-electron chi connectivity index (χ4n) is 1.93. The Labute approximate surface area is 80.7 Å². The molecule has 0 aromatic rings. The summed E-state index contributed by atoms with van der Waals surface area (Å²) in [7, 11) is 0. The Bertz CT molecular complexity index is 153. The fourth-order valence-corrected chi connectivity index (χ4v) is 1.93. The van der Waals surface area contributed by atoms with E-state index < -0.39 is 5.60 Å². The molecule has 1 saturated heterocycles. The van der Waals surface area contributed by atoms with Crippen LogP contribution >= 0.6 is 0 Å². The third-order valence-electron chi connectivity index (χ3n) is 3.37. The smallest absolute Gasteiger partial charge is 0.0809 e. The first-order valence-corrected chi connectivity index (χ1v) is 5.25. The Morgan fingerprint density at radius 2 is 2.31 bits per heavy atom. The summed E-state index contributed by atoms with van der Waals surface area (Å²) in [5, 5.41) is 13.6. The lowest BCUT2D eigenvalue weighted by molar-refractivity contribution is -0.0329. The van der Waals surface area contributed by atoms with Crippen molar-refractivity contribution in [2.24, 2.45) is 11.7 Å². The van der Waals surface area contributed by atoms with Crippen LogP contribution in [0.3, 0.4) is 0 Å². The van der Waals surface area contributed by atoms with Crippen molar-refractivity contribution in [2.45, 2.75) is 44.8 Å². The van der Waals surface area contributed by atoms with Crippen LogP contribution in [0, 0.1) is 5.92 Å². The normalized spacial score (nSPS) is 30.9. The summed E-state index contributed by atoms with van der Waals surface area (Å²) in [6.45, 7) is 5.48. The monoisotopic (exact) mass is 186 g/mol. The molecular weight excluding hydrogens is 164 g/mol. The molecule has 0 saturated carbocycles. The van der Waals surface area contributed by atoms with E-state index >= 15 is 0 Å². The van der Waals surface area contributed by atoms with Gasteiger partial charge in [0, 0.05) is 6.04 Å². The molecule has 0 radical (unpaired) electrons. The van der Waals surface area contributed by atoms with Gasteiger partial charge in [0.15, 0.2) is 0 Å². The summed E-state index contributed by atoms with van der Waals surface area (Å²) >= 11 is 0. The van der Waals surface area contributed by atoms with E-state index in [-0.39, 0.29) is 12.0 Å². The molecule has 0 aromatic carbocycles. The molecule has 3 atom stereocenters. The third-order valence-corrected chi connectivity index (χ3v) is 3.37. The Hall–Kier alpha value is -0.120. The predicted octanol–water partition coefficient (Wildman–Crippen LogP) is 0.474. The molecular formula is C10H22N2O. The zero-order valence-corrected chi connectivity index (χ0v) is 8.71. The van der Waals surface area contributed by atoms with Gasteiger partial charge in [-0.15, -0.1) is 0 Å². The first-order valence-electron chi connectivity index (χ1n) is 5.25. The molecule has 0 aromatic heterocycles. The summed E-state index contributed by atoms with van der Waals surface area (Å²) in [6, 6.07) is 0.222. The van der Waals surface area contributed by atoms with E-state index in [1.54, 1.807) is 0 Å². The molecule has 1 aliphatic rings. The molecule has 13 heavy (non-hydrogen) atoms. The van der Waals surface area contributed by atoms with Crippen LogP contribution in [-0.2, 0) is 0 Å². The van der Waals surface area contributed by atoms with E-state index in [9.17, 15) is 5.11 Å². The van der Waals surface area contributed by atoms with E-state index in [1.165, 1.54) is 12.8 Å². The highest BCUT2D eigenvalue weighted by molar-refractivity contribution is 4.93. The zero-order valence-electron chi connectivity index (χ0n) is 8.71. The van der Waals surface area contributed by atoms with Gasteiger partial charge >= 0.3 is 0 Å². The van der Waals surface area contributed by atoms with Crippen molar-refractivity contribution >= 4 is 0 Å². The lowest BCUT2D eigenvalue weighted by Crippen LogP contribution is -2.55. The second-order valence-corrected chi connectivity index (χ2v) is 4.37. The van der Waals surface area contributed by atoms with E-state index in [2.05, 4.69) is 5.32 Å². The number of hydrogen-bond donors (Lipinski definition) is 3. The first kappa shape index (κ1) is 11.0. The largest absolute Gasteiger partial charge is 0.388 e. The minimum Gasteiger partial charge on any atom is -0.388 e. The van der Waals surface area contributed by atoms with Crippen LogP contribution in [0.1, 0.15) is 33.1 Å². The Kier molecular flexibility index (Phi) is 3.71. The zero-order chi connectivity index (χ0) is 9.90. The molecule has 0 amide bonds. The molecule has 1 aliphatic heterocycles. The van der Waals surface area contributed by atoms with Gasteiger partial charge in [0.2, 0.25) is 0 Å². The minimum atomic E-state index is -0.658. The quantitative estimate of drug-likeness (QED) is 0.600. The lowest BCUT2D eigenvalue weighted by Gasteiger charge is -2.40. The number of rotatable bonds is 3. The highest BCUT2D eigenvalue weighted by Crippen LogP contribution is 2.25. The van der Waals surface area contributed by atoms with E-state index in [0.29, 0.717) is 6.54 Å². The van der Waals surface area contributed by atoms with Gasteiger partial charge in [0.1, 0.15) is 0 Å². The Morgan fingerprint density at radius 3 is 2.77 bits per heavy atom. The van der Waals surface area contributed by atoms with Crippen LogP contribution in [-0.4, -0.2) is 29.8 Å². The topological polar surface area (TPSA) is 58.3 Å². The van der Waals surface area contributed by atoms with Gasteiger partial charge in [-0.05, 0) is 38.8 Å². The maximum atomic E-state index is 10.3. The second-order valence-electron chi connectivity index (χ2n) is 4.37. The SMILES string of the molecule is CC(CN)C(C)(O)C1CCCCN1. The second kappa shape index (κ2) is 4.40. The van der Waals surface area contributed by atoms with Gasteiger partial charge in [-0.2, -0.15) is 0 Å². The average Bonchev–Trinajstić information content (AvgIpc) is 2.18. The van der Waals surface area contributed by atoms with Crippen LogP contribution in [0.25, 0.3) is 0 Å². The molecule has 1 fully saturated rings. The molecule has 0 bridgehead atoms. The minimum absolute atomic E-state index is 0.156. The third kappa shape index (κ3) is 2.42. The molecule has 78 valence electrons. The van der Waals surface area contributed by atoms with Crippen molar-refractivity contribution in [3.8, 4) is 0 Å². The molecule has 3 heteroatoms. The van der Waals surface area contributed by atoms with Gasteiger partial charge in [-0.25, -0.2) is 0 Å². The van der Waals surface area contributed by atoms with Crippen molar-refractivity contribution in [2.75, 3.05) is 13.1 Å². The van der Waals surface area contributed by atoms with Crippen molar-refractivity contribution < 1.29 is 5.11 Å². The summed E-state index contributed by atoms with van der Waals surface area (Å²) in [5.74, 6) is 0.156. The van der Waals surface area contributed by atoms with E-state index in [4.69, 9.17) is 5.73 Å². The van der Waals surface area contributed by atoms with Crippen molar-refractivity contribution in [3.05, 3.63) is 0 Å². The summed E-state index contributed by atoms with van der Waals surface area (Å²) in [5.41, 5.74) is 4.92. The van der Waals surface area contributed by atoms with Gasteiger partial charge in [-0.1, -0.05) is 13.3 Å². The number of nitrogens with one attached hydrogen (secondary N) is 1. The number of hydrogen-bond acceptors (Lipinski definition) is 3. The number of piperidine rings is 1. The van der Waals surface area contributed by atoms with Gasteiger partial charge in [0.25, 0.3) is 0 Å². The molecule has 3 nitrogen and oxygen atoms in total. The average molecular weight is 186 g/mol. The van der Waals surface area contributed by atoms with Gasteiger partial charge < -0.3 is 16.2 Å². The standard InChI is InChI=1S/C10H22N2O/c1-8(7-11)10(2,13)9-5-3-4-6-12-9/h8-9,12-13H,3-7,11H2,1-2H3. The van der Waals surface area contributed by atoms with Crippen molar-refractivity contribution in [3.63, 3.8) is 0 Å². The molecule has 0 spiro atoms. The molecule has 1 rings (SSSR count). The van der Waals surface area contributed by atoms with Crippen molar-refractivity contribution in [1.29, 1.82) is 0 Å². The maximum Gasteiger partial charge on any atom is 0.0809 e. The van der Waals surface area contributed by atoms with Gasteiger partial charge in [0.05, 0.1) is 5.60 Å². The summed E-state index contributed by atoms with van der Waals surface area (Å²) in [6.07, 6.45) is 3.51. The van der Waals surface area contributed by atoms with Crippen LogP contribution in [0.2, 0.25) is 0 Å². The highest BCUT2D eigenvalue weighted by atomic mass is 16.3. The predicted molar refractivity (Wildman–Crippen MR) is 54.5 cm³/mol. The fraction of sp³-hybridized carbons (Fsp3) is 1.00. The number of nitrogens with two attached hydrogens (primary N) is 1. The molecule has 0 aliphatic carbocycles. The molecule has 1 heterocycles. The highest BCUT2D eigenvalue weighted by Gasteiger charge is 2.36. The Balaban J connectivity index is 2.55. The van der Waals surface area contributed by atoms with Crippen LogP contribution < -0.4 is 11.1 Å². The molecule has 4 N–H and O–H groups in total. The molecule has 3 unspecified atom stereocenters. The Morgan fingerprint density at radius 1 is 1.62 bits per heavy atom. The number of aliphatic hydroxyl groups is 1. The van der Waals surface area contributed by atoms with Crippen molar-refractivity contribution in [1.82, 2.24) is 5.32 Å². The van der Waals surface area contributed by atoms with Gasteiger partial charge in [-0.3, -0.25) is 0 Å². The maximum absolute atomic E-state index is 10.3. The summed E-state index contributed by atoms with van der Waals surface area (Å²) in [4.78, 5) is 0. The van der Waals surface area contributed by atoms with E-state index in [0.717, 1.165) is 13.0 Å².